The van der Waals surface area contributed by atoms with E-state index in [4.69, 9.17) is 9.47 Å². The van der Waals surface area contributed by atoms with Crippen molar-refractivity contribution in [1.82, 2.24) is 9.88 Å². The molecular formula is C15H22N2O3. The van der Waals surface area contributed by atoms with E-state index in [9.17, 15) is 4.79 Å². The molecule has 2 heterocycles. The fourth-order valence-corrected chi connectivity index (χ4v) is 2.28. The van der Waals surface area contributed by atoms with Crippen molar-refractivity contribution in [3.8, 4) is 5.88 Å². The summed E-state index contributed by atoms with van der Waals surface area (Å²) in [4.78, 5) is 18.2. The molecule has 1 aromatic heterocycles. The summed E-state index contributed by atoms with van der Waals surface area (Å²) in [6.45, 7) is 8.18. The van der Waals surface area contributed by atoms with E-state index in [0.29, 0.717) is 12.4 Å². The first-order valence-corrected chi connectivity index (χ1v) is 6.81. The molecule has 0 bridgehead atoms. The molecule has 0 aromatic carbocycles. The molecule has 2 rings (SSSR count). The molecule has 0 radical (unpaired) electrons. The van der Waals surface area contributed by atoms with Gasteiger partial charge in [0.15, 0.2) is 0 Å². The predicted molar refractivity (Wildman–Crippen MR) is 75.7 cm³/mol. The van der Waals surface area contributed by atoms with Crippen LogP contribution in [0.25, 0.3) is 0 Å². The van der Waals surface area contributed by atoms with Gasteiger partial charge in [-0.15, -0.1) is 0 Å². The lowest BCUT2D eigenvalue weighted by atomic mass is 9.97. The van der Waals surface area contributed by atoms with Gasteiger partial charge in [0.05, 0.1) is 7.11 Å². The Balaban J connectivity index is 2.19. The smallest absolute Gasteiger partial charge is 0.410 e. The van der Waals surface area contributed by atoms with Crippen molar-refractivity contribution in [2.75, 3.05) is 7.11 Å². The first kappa shape index (κ1) is 14.6. The second kappa shape index (κ2) is 5.31. The maximum Gasteiger partial charge on any atom is 0.410 e. The number of rotatable bonds is 1. The normalized spacial score (nSPS) is 18.4. The summed E-state index contributed by atoms with van der Waals surface area (Å²) < 4.78 is 10.6. The van der Waals surface area contributed by atoms with Crippen molar-refractivity contribution in [2.24, 2.45) is 0 Å². The van der Waals surface area contributed by atoms with Gasteiger partial charge in [0.25, 0.3) is 0 Å². The van der Waals surface area contributed by atoms with Crippen molar-refractivity contribution >= 4 is 6.09 Å². The maximum atomic E-state index is 12.2. The van der Waals surface area contributed by atoms with Crippen LogP contribution < -0.4 is 4.74 Å². The zero-order valence-electron chi connectivity index (χ0n) is 12.8. The Morgan fingerprint density at radius 3 is 2.70 bits per heavy atom. The van der Waals surface area contributed by atoms with Gasteiger partial charge < -0.3 is 14.4 Å². The highest BCUT2D eigenvalue weighted by Crippen LogP contribution is 2.26. The lowest BCUT2D eigenvalue weighted by Gasteiger charge is -2.35. The summed E-state index contributed by atoms with van der Waals surface area (Å²) in [5.74, 6) is 0.572. The fraction of sp³-hybridized carbons (Fsp3) is 0.600. The monoisotopic (exact) mass is 278 g/mol. The van der Waals surface area contributed by atoms with Gasteiger partial charge in [0, 0.05) is 24.8 Å². The zero-order valence-corrected chi connectivity index (χ0v) is 12.8. The summed E-state index contributed by atoms with van der Waals surface area (Å²) in [5, 5.41) is 0. The molecule has 110 valence electrons. The summed E-state index contributed by atoms with van der Waals surface area (Å²) >= 11 is 0. The van der Waals surface area contributed by atoms with E-state index in [1.807, 2.05) is 40.0 Å². The molecule has 20 heavy (non-hydrogen) atoms. The molecule has 1 atom stereocenters. The highest BCUT2D eigenvalue weighted by molar-refractivity contribution is 5.69. The average Bonchev–Trinajstić information content (AvgIpc) is 2.35. The summed E-state index contributed by atoms with van der Waals surface area (Å²) in [5.41, 5.74) is 1.76. The van der Waals surface area contributed by atoms with Gasteiger partial charge >= 0.3 is 6.09 Å². The largest absolute Gasteiger partial charge is 0.481 e. The van der Waals surface area contributed by atoms with E-state index in [-0.39, 0.29) is 12.1 Å². The number of fused-ring (bicyclic) bond motifs is 1. The molecule has 0 saturated carbocycles. The van der Waals surface area contributed by atoms with Gasteiger partial charge in [0.2, 0.25) is 5.88 Å². The standard InChI is InChI=1S/C15H22N2O3/c1-10-6-11-8-16-13(19-5)7-12(11)9-17(10)14(18)20-15(2,3)4/h7-8,10H,6,9H2,1-5H3. The van der Waals surface area contributed by atoms with E-state index in [0.717, 1.165) is 17.5 Å². The lowest BCUT2D eigenvalue weighted by Crippen LogP contribution is -2.45. The maximum absolute atomic E-state index is 12.2. The number of ether oxygens (including phenoxy) is 2. The Labute approximate surface area is 119 Å². The summed E-state index contributed by atoms with van der Waals surface area (Å²) in [6, 6.07) is 1.99. The van der Waals surface area contributed by atoms with Gasteiger partial charge in [-0.05, 0) is 45.2 Å². The van der Waals surface area contributed by atoms with Crippen LogP contribution in [0.15, 0.2) is 12.3 Å². The molecule has 0 saturated heterocycles. The van der Waals surface area contributed by atoms with Crippen molar-refractivity contribution in [3.63, 3.8) is 0 Å². The van der Waals surface area contributed by atoms with Gasteiger partial charge in [0.1, 0.15) is 5.60 Å². The molecule has 0 fully saturated rings. The van der Waals surface area contributed by atoms with Gasteiger partial charge in [-0.3, -0.25) is 0 Å². The molecular weight excluding hydrogens is 256 g/mol. The number of amides is 1. The number of carbonyl (C=O) groups excluding carboxylic acids is 1. The number of hydrogen-bond acceptors (Lipinski definition) is 4. The minimum absolute atomic E-state index is 0.104. The Bertz CT molecular complexity index is 508. The van der Waals surface area contributed by atoms with Gasteiger partial charge in [-0.1, -0.05) is 0 Å². The molecule has 1 aliphatic rings. The van der Waals surface area contributed by atoms with Crippen LogP contribution in [0.5, 0.6) is 5.88 Å². The third-order valence-electron chi connectivity index (χ3n) is 3.28. The van der Waals surface area contributed by atoms with Gasteiger partial charge in [-0.2, -0.15) is 0 Å². The van der Waals surface area contributed by atoms with Crippen LogP contribution in [0.3, 0.4) is 0 Å². The first-order chi connectivity index (χ1) is 9.30. The lowest BCUT2D eigenvalue weighted by molar-refractivity contribution is 0.0138. The molecule has 5 nitrogen and oxygen atoms in total. The predicted octanol–water partition coefficient (Wildman–Crippen LogP) is 2.77. The highest BCUT2D eigenvalue weighted by Gasteiger charge is 2.30. The Hall–Kier alpha value is -1.78. The topological polar surface area (TPSA) is 51.7 Å². The number of nitrogens with zero attached hydrogens (tertiary/aromatic N) is 2. The number of carbonyl (C=O) groups is 1. The molecule has 1 amide bonds. The van der Waals surface area contributed by atoms with Crippen LogP contribution in [0.1, 0.15) is 38.8 Å². The SMILES string of the molecule is COc1cc2c(cn1)CC(C)N(C(=O)OC(C)(C)C)C2. The van der Waals surface area contributed by atoms with E-state index in [1.165, 1.54) is 0 Å². The molecule has 0 spiro atoms. The van der Waals surface area contributed by atoms with Crippen LogP contribution in [-0.2, 0) is 17.7 Å². The van der Waals surface area contributed by atoms with Crippen molar-refractivity contribution in [1.29, 1.82) is 0 Å². The minimum Gasteiger partial charge on any atom is -0.481 e. The van der Waals surface area contributed by atoms with E-state index in [2.05, 4.69) is 4.98 Å². The quantitative estimate of drug-likeness (QED) is 0.792. The number of hydrogen-bond donors (Lipinski definition) is 0. The summed E-state index contributed by atoms with van der Waals surface area (Å²) in [6.07, 6.45) is 2.34. The second-order valence-electron chi connectivity index (χ2n) is 6.16. The Morgan fingerprint density at radius 1 is 1.40 bits per heavy atom. The molecule has 1 aromatic rings. The molecule has 5 heteroatoms. The molecule has 0 aliphatic carbocycles. The van der Waals surface area contributed by atoms with E-state index in [1.54, 1.807) is 12.0 Å². The van der Waals surface area contributed by atoms with Gasteiger partial charge in [-0.25, -0.2) is 9.78 Å². The van der Waals surface area contributed by atoms with Crippen molar-refractivity contribution in [3.05, 3.63) is 23.4 Å². The number of aromatic nitrogens is 1. The number of methoxy groups -OCH3 is 1. The molecule has 1 aliphatic heterocycles. The van der Waals surface area contributed by atoms with Crippen LogP contribution in [0.2, 0.25) is 0 Å². The third kappa shape index (κ3) is 3.21. The second-order valence-corrected chi connectivity index (χ2v) is 6.16. The van der Waals surface area contributed by atoms with Crippen molar-refractivity contribution < 1.29 is 14.3 Å². The van der Waals surface area contributed by atoms with Crippen LogP contribution >= 0.6 is 0 Å². The van der Waals surface area contributed by atoms with E-state index >= 15 is 0 Å². The minimum atomic E-state index is -0.479. The van der Waals surface area contributed by atoms with Crippen LogP contribution in [0, 0.1) is 0 Å². The van der Waals surface area contributed by atoms with Crippen LogP contribution in [-0.4, -0.2) is 34.7 Å². The Morgan fingerprint density at radius 2 is 2.10 bits per heavy atom. The Kier molecular flexibility index (Phi) is 3.88. The average molecular weight is 278 g/mol. The zero-order chi connectivity index (χ0) is 14.9. The first-order valence-electron chi connectivity index (χ1n) is 6.81. The number of pyridine rings is 1. The van der Waals surface area contributed by atoms with Crippen molar-refractivity contribution in [2.45, 2.75) is 52.3 Å². The highest BCUT2D eigenvalue weighted by atomic mass is 16.6. The summed E-state index contributed by atoms with van der Waals surface area (Å²) in [7, 11) is 1.59. The molecule has 1 unspecified atom stereocenters. The van der Waals surface area contributed by atoms with E-state index < -0.39 is 5.60 Å². The third-order valence-corrected chi connectivity index (χ3v) is 3.28. The van der Waals surface area contributed by atoms with Crippen LogP contribution in [0.4, 0.5) is 4.79 Å². The fourth-order valence-electron chi connectivity index (χ4n) is 2.28. The molecule has 0 N–H and O–H groups in total.